The molecule has 0 amide bonds. The quantitative estimate of drug-likeness (QED) is 0.421. The van der Waals surface area contributed by atoms with Crippen molar-refractivity contribution >= 4 is 20.9 Å². The minimum absolute atomic E-state index is 0.0198. The van der Waals surface area contributed by atoms with Gasteiger partial charge in [-0.05, 0) is 69.2 Å². The number of hydrogen-bond donors (Lipinski definition) is 1. The summed E-state index contributed by atoms with van der Waals surface area (Å²) in [5.74, 6) is -0.370. The molecule has 0 spiro atoms. The molecule has 0 aliphatic rings. The molecule has 0 radical (unpaired) electrons. The smallest absolute Gasteiger partial charge is 0.242 e. The Bertz CT molecular complexity index is 1510. The number of nitrogens with zero attached hydrogens (tertiary/aromatic N) is 3. The second kappa shape index (κ2) is 8.67. The predicted octanol–water partition coefficient (Wildman–Crippen LogP) is 5.34. The normalized spacial score (nSPS) is 12.1. The first-order valence-corrected chi connectivity index (χ1v) is 12.4. The Hall–Kier alpha value is -3.54. The molecular formula is C26H25FN4O2S. The van der Waals surface area contributed by atoms with E-state index in [0.29, 0.717) is 34.3 Å². The van der Waals surface area contributed by atoms with Gasteiger partial charge in [-0.3, -0.25) is 4.98 Å². The molecule has 0 fully saturated rings. The fourth-order valence-electron chi connectivity index (χ4n) is 3.96. The van der Waals surface area contributed by atoms with Crippen molar-refractivity contribution in [2.24, 2.45) is 0 Å². The summed E-state index contributed by atoms with van der Waals surface area (Å²) in [6, 6.07) is 17.8. The Morgan fingerprint density at radius 3 is 2.38 bits per heavy atom. The van der Waals surface area contributed by atoms with Gasteiger partial charge >= 0.3 is 0 Å². The van der Waals surface area contributed by atoms with Crippen LogP contribution in [-0.4, -0.2) is 23.5 Å². The SMILES string of the molecule is CCc1cc2c(cc1F)c(C#N)c(-c1ccc(S(=O)(=O)NC(C)(C)C)cn1)n2-c1ccccc1. The summed E-state index contributed by atoms with van der Waals surface area (Å²) in [4.78, 5) is 4.44. The molecule has 0 aliphatic heterocycles. The van der Waals surface area contributed by atoms with Gasteiger partial charge in [0.05, 0.1) is 22.5 Å². The lowest BCUT2D eigenvalue weighted by atomic mass is 10.1. The van der Waals surface area contributed by atoms with E-state index < -0.39 is 15.6 Å². The fraction of sp³-hybridized carbons (Fsp3) is 0.231. The van der Waals surface area contributed by atoms with Gasteiger partial charge in [-0.15, -0.1) is 0 Å². The molecule has 2 aromatic carbocycles. The van der Waals surface area contributed by atoms with Crippen molar-refractivity contribution in [3.8, 4) is 23.1 Å². The molecule has 4 rings (SSSR count). The summed E-state index contributed by atoms with van der Waals surface area (Å²) >= 11 is 0. The molecule has 34 heavy (non-hydrogen) atoms. The van der Waals surface area contributed by atoms with Crippen molar-refractivity contribution in [1.29, 1.82) is 5.26 Å². The molecule has 0 bridgehead atoms. The minimum Gasteiger partial charge on any atom is -0.307 e. The van der Waals surface area contributed by atoms with Gasteiger partial charge in [0, 0.05) is 22.8 Å². The second-order valence-electron chi connectivity index (χ2n) is 9.06. The van der Waals surface area contributed by atoms with Crippen LogP contribution in [0.1, 0.15) is 38.8 Å². The third-order valence-corrected chi connectivity index (χ3v) is 7.12. The average Bonchev–Trinajstić information content (AvgIpc) is 3.10. The number of nitriles is 1. The number of sulfonamides is 1. The molecular weight excluding hydrogens is 451 g/mol. The lowest BCUT2D eigenvalue weighted by Crippen LogP contribution is -2.40. The van der Waals surface area contributed by atoms with Gasteiger partial charge < -0.3 is 4.57 Å². The number of pyridine rings is 1. The molecule has 0 unspecified atom stereocenters. The van der Waals surface area contributed by atoms with E-state index in [4.69, 9.17) is 0 Å². The summed E-state index contributed by atoms with van der Waals surface area (Å²) in [5, 5.41) is 10.5. The van der Waals surface area contributed by atoms with Crippen LogP contribution in [0.5, 0.6) is 0 Å². The lowest BCUT2D eigenvalue weighted by molar-refractivity contribution is 0.491. The maximum Gasteiger partial charge on any atom is 0.242 e. The van der Waals surface area contributed by atoms with E-state index in [-0.39, 0.29) is 16.3 Å². The van der Waals surface area contributed by atoms with E-state index in [9.17, 15) is 18.1 Å². The molecule has 0 saturated heterocycles. The molecule has 0 aliphatic carbocycles. The van der Waals surface area contributed by atoms with Gasteiger partial charge in [-0.1, -0.05) is 25.1 Å². The number of aromatic nitrogens is 2. The summed E-state index contributed by atoms with van der Waals surface area (Å²) < 4.78 is 44.6. The first-order chi connectivity index (χ1) is 16.1. The Labute approximate surface area is 198 Å². The Morgan fingerprint density at radius 1 is 1.12 bits per heavy atom. The zero-order valence-electron chi connectivity index (χ0n) is 19.4. The maximum absolute atomic E-state index is 14.7. The number of fused-ring (bicyclic) bond motifs is 1. The van der Waals surface area contributed by atoms with Crippen LogP contribution in [0.15, 0.2) is 65.7 Å². The standard InChI is InChI=1S/C26H25FN4O2S/c1-5-17-13-24-20(14-22(17)27)21(15-28)25(31(24)18-9-7-6-8-10-18)23-12-11-19(16-29-23)34(32,33)30-26(2,3)4/h6-14,16,30H,5H2,1-4H3. The number of aryl methyl sites for hydroxylation is 1. The highest BCUT2D eigenvalue weighted by atomic mass is 32.2. The minimum atomic E-state index is -3.77. The molecule has 0 saturated carbocycles. The van der Waals surface area contributed by atoms with E-state index in [0.717, 1.165) is 5.69 Å². The molecule has 174 valence electrons. The number of halogens is 1. The Balaban J connectivity index is 1.98. The van der Waals surface area contributed by atoms with Crippen molar-refractivity contribution in [2.75, 3.05) is 0 Å². The lowest BCUT2D eigenvalue weighted by Gasteiger charge is -2.20. The van der Waals surface area contributed by atoms with Crippen molar-refractivity contribution in [3.63, 3.8) is 0 Å². The van der Waals surface area contributed by atoms with Crippen molar-refractivity contribution < 1.29 is 12.8 Å². The van der Waals surface area contributed by atoms with Gasteiger partial charge in [0.1, 0.15) is 16.8 Å². The van der Waals surface area contributed by atoms with Gasteiger partial charge in [0.25, 0.3) is 0 Å². The molecule has 6 nitrogen and oxygen atoms in total. The van der Waals surface area contributed by atoms with E-state index in [1.165, 1.54) is 18.3 Å². The van der Waals surface area contributed by atoms with Crippen LogP contribution in [-0.2, 0) is 16.4 Å². The number of nitrogens with one attached hydrogen (secondary N) is 1. The summed E-state index contributed by atoms with van der Waals surface area (Å²) in [7, 11) is -3.77. The van der Waals surface area contributed by atoms with E-state index in [1.54, 1.807) is 32.9 Å². The number of benzene rings is 2. The van der Waals surface area contributed by atoms with Gasteiger partial charge in [-0.2, -0.15) is 5.26 Å². The number of para-hydroxylation sites is 1. The topological polar surface area (TPSA) is 87.8 Å². The predicted molar refractivity (Wildman–Crippen MR) is 131 cm³/mol. The molecule has 2 aromatic heterocycles. The first-order valence-electron chi connectivity index (χ1n) is 10.9. The van der Waals surface area contributed by atoms with Crippen LogP contribution in [0.3, 0.4) is 0 Å². The highest BCUT2D eigenvalue weighted by Gasteiger charge is 2.25. The Morgan fingerprint density at radius 2 is 1.82 bits per heavy atom. The monoisotopic (exact) mass is 476 g/mol. The zero-order chi connectivity index (χ0) is 24.7. The Kier molecular flexibility index (Phi) is 6.02. The van der Waals surface area contributed by atoms with Crippen LogP contribution >= 0.6 is 0 Å². The molecule has 8 heteroatoms. The first kappa shape index (κ1) is 23.6. The highest BCUT2D eigenvalue weighted by molar-refractivity contribution is 7.89. The largest absolute Gasteiger partial charge is 0.307 e. The molecule has 0 atom stereocenters. The summed E-state index contributed by atoms with van der Waals surface area (Å²) in [6.45, 7) is 7.15. The maximum atomic E-state index is 14.7. The second-order valence-corrected chi connectivity index (χ2v) is 10.7. The third kappa shape index (κ3) is 4.32. The summed E-state index contributed by atoms with van der Waals surface area (Å²) in [5.41, 5.74) is 2.52. The average molecular weight is 477 g/mol. The molecule has 1 N–H and O–H groups in total. The van der Waals surface area contributed by atoms with Crippen molar-refractivity contribution in [1.82, 2.24) is 14.3 Å². The van der Waals surface area contributed by atoms with Crippen LogP contribution in [0.2, 0.25) is 0 Å². The summed E-state index contributed by atoms with van der Waals surface area (Å²) in [6.07, 6.45) is 1.78. The van der Waals surface area contributed by atoms with E-state index >= 15 is 0 Å². The fourth-order valence-corrected chi connectivity index (χ4v) is 5.33. The third-order valence-electron chi connectivity index (χ3n) is 5.37. The number of hydrogen-bond acceptors (Lipinski definition) is 4. The zero-order valence-corrected chi connectivity index (χ0v) is 20.2. The van der Waals surface area contributed by atoms with Gasteiger partial charge in [-0.25, -0.2) is 17.5 Å². The van der Waals surface area contributed by atoms with Crippen molar-refractivity contribution in [3.05, 3.63) is 77.7 Å². The van der Waals surface area contributed by atoms with Crippen LogP contribution in [0.25, 0.3) is 28.0 Å². The van der Waals surface area contributed by atoms with Crippen LogP contribution in [0, 0.1) is 17.1 Å². The van der Waals surface area contributed by atoms with Crippen LogP contribution in [0.4, 0.5) is 4.39 Å². The van der Waals surface area contributed by atoms with Crippen molar-refractivity contribution in [2.45, 2.75) is 44.6 Å². The van der Waals surface area contributed by atoms with E-state index in [1.807, 2.05) is 41.8 Å². The highest BCUT2D eigenvalue weighted by Crippen LogP contribution is 2.36. The number of rotatable bonds is 5. The van der Waals surface area contributed by atoms with Gasteiger partial charge in [0.2, 0.25) is 10.0 Å². The van der Waals surface area contributed by atoms with E-state index in [2.05, 4.69) is 15.8 Å². The van der Waals surface area contributed by atoms with Crippen LogP contribution < -0.4 is 4.72 Å². The molecule has 4 aromatic rings. The molecule has 2 heterocycles. The van der Waals surface area contributed by atoms with Gasteiger partial charge in [0.15, 0.2) is 0 Å².